The standard InChI is InChI=1S/C37H38N6OS/c1-2-42-20-22-43(23-21-42)30-16-14-28(15-17-30)40-37-38-19-18-32(41-37)35-31-12-7-13-33(31)45-36(35)27-10-6-11-29(25-27)39-34(44)24-26-8-4-3-5-9-26/h3-6,8-11,14-19,25H,2,7,12-13,20-24H2,1H3,(H,39,44)(H,38,40,41). The SMILES string of the molecule is CCN1CCN(c2ccc(Nc3nccc(-c4c(-c5cccc(NC(=O)Cc6ccccc6)c5)sc5c4CCC5)n3)cc2)CC1. The number of carbonyl (C=O) groups excluding carboxylic acids is 1. The van der Waals surface area contributed by atoms with Crippen LogP contribution in [0.5, 0.6) is 0 Å². The van der Waals surface area contributed by atoms with Crippen molar-refractivity contribution in [1.29, 1.82) is 0 Å². The summed E-state index contributed by atoms with van der Waals surface area (Å²) in [6.45, 7) is 7.68. The zero-order chi connectivity index (χ0) is 30.6. The third-order valence-electron chi connectivity index (χ3n) is 8.76. The van der Waals surface area contributed by atoms with Crippen LogP contribution in [0.3, 0.4) is 0 Å². The number of rotatable bonds is 9. The zero-order valence-electron chi connectivity index (χ0n) is 25.6. The molecule has 0 bridgehead atoms. The second-order valence-corrected chi connectivity index (χ2v) is 12.8. The molecule has 228 valence electrons. The van der Waals surface area contributed by atoms with Gasteiger partial charge in [-0.15, -0.1) is 11.3 Å². The van der Waals surface area contributed by atoms with Crippen LogP contribution < -0.4 is 15.5 Å². The molecular weight excluding hydrogens is 577 g/mol. The molecule has 2 aromatic heterocycles. The van der Waals surface area contributed by atoms with E-state index in [9.17, 15) is 4.79 Å². The van der Waals surface area contributed by atoms with Gasteiger partial charge in [0, 0.05) is 64.8 Å². The van der Waals surface area contributed by atoms with Crippen LogP contribution in [0.1, 0.15) is 29.3 Å². The van der Waals surface area contributed by atoms with E-state index in [1.165, 1.54) is 33.0 Å². The molecule has 2 aliphatic rings. The van der Waals surface area contributed by atoms with Gasteiger partial charge in [-0.05, 0) is 85.0 Å². The van der Waals surface area contributed by atoms with Gasteiger partial charge in [-0.1, -0.05) is 49.4 Å². The number of carbonyl (C=O) groups is 1. The number of hydrogen-bond donors (Lipinski definition) is 2. The second kappa shape index (κ2) is 13.2. The maximum Gasteiger partial charge on any atom is 0.228 e. The third kappa shape index (κ3) is 6.62. The summed E-state index contributed by atoms with van der Waals surface area (Å²) < 4.78 is 0. The Kier molecular flexibility index (Phi) is 8.58. The first kappa shape index (κ1) is 29.2. The van der Waals surface area contributed by atoms with E-state index < -0.39 is 0 Å². The van der Waals surface area contributed by atoms with Crippen molar-refractivity contribution in [2.45, 2.75) is 32.6 Å². The molecule has 0 unspecified atom stereocenters. The van der Waals surface area contributed by atoms with Crippen molar-refractivity contribution >= 4 is 40.3 Å². The number of hydrogen-bond acceptors (Lipinski definition) is 7. The van der Waals surface area contributed by atoms with Gasteiger partial charge < -0.3 is 20.4 Å². The average molecular weight is 615 g/mol. The number of piperazine rings is 1. The predicted molar refractivity (Wildman–Crippen MR) is 186 cm³/mol. The Bertz CT molecular complexity index is 1780. The van der Waals surface area contributed by atoms with Crippen LogP contribution in [-0.4, -0.2) is 53.5 Å². The molecule has 3 heterocycles. The van der Waals surface area contributed by atoms with Crippen LogP contribution in [-0.2, 0) is 24.1 Å². The van der Waals surface area contributed by atoms with Gasteiger partial charge in [0.25, 0.3) is 0 Å². The van der Waals surface area contributed by atoms with Crippen molar-refractivity contribution in [2.75, 3.05) is 48.3 Å². The van der Waals surface area contributed by atoms with Crippen LogP contribution in [0, 0.1) is 0 Å². The van der Waals surface area contributed by atoms with Crippen LogP contribution >= 0.6 is 11.3 Å². The minimum atomic E-state index is -0.0223. The number of thiophene rings is 1. The molecule has 0 spiro atoms. The number of amides is 1. The Morgan fingerprint density at radius 2 is 1.71 bits per heavy atom. The lowest BCUT2D eigenvalue weighted by Crippen LogP contribution is -2.46. The molecule has 0 saturated carbocycles. The molecule has 7 nitrogen and oxygen atoms in total. The highest BCUT2D eigenvalue weighted by Crippen LogP contribution is 2.46. The minimum Gasteiger partial charge on any atom is -0.369 e. The van der Waals surface area contributed by atoms with Gasteiger partial charge in [0.15, 0.2) is 0 Å². The van der Waals surface area contributed by atoms with Gasteiger partial charge in [0.1, 0.15) is 0 Å². The van der Waals surface area contributed by atoms with Gasteiger partial charge in [-0.2, -0.15) is 0 Å². The van der Waals surface area contributed by atoms with E-state index in [1.807, 2.05) is 66.1 Å². The van der Waals surface area contributed by atoms with E-state index in [1.54, 1.807) is 0 Å². The van der Waals surface area contributed by atoms with Crippen molar-refractivity contribution in [3.8, 4) is 21.7 Å². The van der Waals surface area contributed by atoms with Crippen LogP contribution in [0.25, 0.3) is 21.7 Å². The van der Waals surface area contributed by atoms with Gasteiger partial charge in [-0.3, -0.25) is 4.79 Å². The molecule has 0 atom stereocenters. The van der Waals surface area contributed by atoms with E-state index in [0.29, 0.717) is 12.4 Å². The Balaban J connectivity index is 1.11. The fourth-order valence-corrected chi connectivity index (χ4v) is 7.76. The van der Waals surface area contributed by atoms with Crippen molar-refractivity contribution < 1.29 is 4.79 Å². The highest BCUT2D eigenvalue weighted by Gasteiger charge is 2.25. The third-order valence-corrected chi connectivity index (χ3v) is 10.1. The Labute approximate surface area is 269 Å². The van der Waals surface area contributed by atoms with Crippen LogP contribution in [0.4, 0.5) is 23.0 Å². The molecule has 7 rings (SSSR count). The number of aryl methyl sites for hydroxylation is 1. The molecule has 8 heteroatoms. The maximum absolute atomic E-state index is 12.8. The largest absolute Gasteiger partial charge is 0.369 e. The van der Waals surface area contributed by atoms with Gasteiger partial charge in [-0.25, -0.2) is 9.97 Å². The first-order valence-electron chi connectivity index (χ1n) is 15.9. The van der Waals surface area contributed by atoms with Gasteiger partial charge in [0.2, 0.25) is 11.9 Å². The molecule has 45 heavy (non-hydrogen) atoms. The van der Waals surface area contributed by atoms with E-state index in [-0.39, 0.29) is 5.91 Å². The lowest BCUT2D eigenvalue weighted by Gasteiger charge is -2.35. The lowest BCUT2D eigenvalue weighted by atomic mass is 10.0. The number of likely N-dealkylation sites (N-methyl/N-ethyl adjacent to an activating group) is 1. The van der Waals surface area contributed by atoms with Crippen molar-refractivity contribution in [2.24, 2.45) is 0 Å². The molecular formula is C37H38N6OS. The maximum atomic E-state index is 12.8. The van der Waals surface area contributed by atoms with E-state index in [2.05, 4.69) is 68.7 Å². The molecule has 5 aromatic rings. The van der Waals surface area contributed by atoms with Crippen molar-refractivity contribution in [1.82, 2.24) is 14.9 Å². The Morgan fingerprint density at radius 3 is 2.51 bits per heavy atom. The van der Waals surface area contributed by atoms with Crippen molar-refractivity contribution in [3.05, 3.63) is 107 Å². The van der Waals surface area contributed by atoms with Crippen molar-refractivity contribution in [3.63, 3.8) is 0 Å². The fraction of sp³-hybridized carbons (Fsp3) is 0.270. The highest BCUT2D eigenvalue weighted by molar-refractivity contribution is 7.16. The molecule has 2 N–H and O–H groups in total. The molecule has 1 saturated heterocycles. The topological polar surface area (TPSA) is 73.4 Å². The average Bonchev–Trinajstić information content (AvgIpc) is 3.68. The normalized spacial score (nSPS) is 14.7. The molecule has 1 amide bonds. The summed E-state index contributed by atoms with van der Waals surface area (Å²) in [6, 6.07) is 28.6. The zero-order valence-corrected chi connectivity index (χ0v) is 26.4. The van der Waals surface area contributed by atoms with E-state index >= 15 is 0 Å². The molecule has 1 aliphatic heterocycles. The number of fused-ring (bicyclic) bond motifs is 1. The Hall–Kier alpha value is -4.53. The van der Waals surface area contributed by atoms with E-state index in [4.69, 9.17) is 4.98 Å². The summed E-state index contributed by atoms with van der Waals surface area (Å²) in [5.41, 5.74) is 8.61. The predicted octanol–water partition coefficient (Wildman–Crippen LogP) is 7.43. The summed E-state index contributed by atoms with van der Waals surface area (Å²) >= 11 is 1.85. The summed E-state index contributed by atoms with van der Waals surface area (Å²) in [5.74, 6) is 0.563. The molecule has 0 radical (unpaired) electrons. The first-order chi connectivity index (χ1) is 22.1. The number of nitrogens with zero attached hydrogens (tertiary/aromatic N) is 4. The Morgan fingerprint density at radius 1 is 0.889 bits per heavy atom. The van der Waals surface area contributed by atoms with E-state index in [0.717, 1.165) is 73.8 Å². The van der Waals surface area contributed by atoms with Gasteiger partial charge >= 0.3 is 0 Å². The summed E-state index contributed by atoms with van der Waals surface area (Å²) in [7, 11) is 0. The van der Waals surface area contributed by atoms with Crippen LogP contribution in [0.2, 0.25) is 0 Å². The van der Waals surface area contributed by atoms with Crippen LogP contribution in [0.15, 0.2) is 91.1 Å². The molecule has 1 aliphatic carbocycles. The summed E-state index contributed by atoms with van der Waals surface area (Å²) in [5, 5.41) is 6.54. The minimum absolute atomic E-state index is 0.0223. The number of aromatic nitrogens is 2. The molecule has 3 aromatic carbocycles. The highest BCUT2D eigenvalue weighted by atomic mass is 32.1. The summed E-state index contributed by atoms with van der Waals surface area (Å²) in [6.07, 6.45) is 5.50. The van der Waals surface area contributed by atoms with Gasteiger partial charge in [0.05, 0.1) is 12.1 Å². The number of benzene rings is 3. The number of anilines is 4. The number of nitrogens with one attached hydrogen (secondary N) is 2. The lowest BCUT2D eigenvalue weighted by molar-refractivity contribution is -0.115. The fourth-order valence-electron chi connectivity index (χ4n) is 6.37. The second-order valence-electron chi connectivity index (χ2n) is 11.7. The monoisotopic (exact) mass is 614 g/mol. The molecule has 1 fully saturated rings. The summed E-state index contributed by atoms with van der Waals surface area (Å²) in [4.78, 5) is 30.0. The smallest absolute Gasteiger partial charge is 0.228 e. The first-order valence-corrected chi connectivity index (χ1v) is 16.7. The quantitative estimate of drug-likeness (QED) is 0.180.